The zero-order valence-corrected chi connectivity index (χ0v) is 16.3. The van der Waals surface area contributed by atoms with Crippen molar-refractivity contribution >= 4 is 33.0 Å². The van der Waals surface area contributed by atoms with Crippen LogP contribution >= 0.6 is 11.3 Å². The first kappa shape index (κ1) is 18.4. The van der Waals surface area contributed by atoms with E-state index in [9.17, 15) is 13.2 Å². The molecule has 144 valence electrons. The molecule has 4 rings (SSSR count). The summed E-state index contributed by atoms with van der Waals surface area (Å²) in [5, 5.41) is 4.64. The fourth-order valence-electron chi connectivity index (χ4n) is 3.75. The molecule has 1 fully saturated rings. The van der Waals surface area contributed by atoms with Crippen LogP contribution in [0.4, 0.5) is 5.69 Å². The van der Waals surface area contributed by atoms with Crippen molar-refractivity contribution in [2.45, 2.75) is 23.5 Å². The molecule has 2 aromatic heterocycles. The average Bonchev–Trinajstić information content (AvgIpc) is 3.19. The van der Waals surface area contributed by atoms with E-state index in [1.54, 1.807) is 40.1 Å². The van der Waals surface area contributed by atoms with Gasteiger partial charge in [0.15, 0.2) is 0 Å². The van der Waals surface area contributed by atoms with Gasteiger partial charge >= 0.3 is 0 Å². The second-order valence-corrected chi connectivity index (χ2v) is 9.96. The number of thiophene rings is 1. The molecule has 7 nitrogen and oxygen atoms in total. The number of carbonyl (C=O) groups excluding carboxylic acids is 1. The summed E-state index contributed by atoms with van der Waals surface area (Å²) in [6, 6.07) is 6.91. The molecule has 2 aliphatic rings. The molecule has 0 radical (unpaired) electrons. The lowest BCUT2D eigenvalue weighted by Crippen LogP contribution is -2.45. The average molecular weight is 408 g/mol. The van der Waals surface area contributed by atoms with Crippen molar-refractivity contribution in [2.75, 3.05) is 25.0 Å². The van der Waals surface area contributed by atoms with Crippen LogP contribution in [0.15, 0.2) is 40.1 Å². The Morgan fingerprint density at radius 3 is 2.93 bits per heavy atom. The molecule has 1 amide bonds. The number of rotatable bonds is 2. The summed E-state index contributed by atoms with van der Waals surface area (Å²) in [7, 11) is -3.47. The predicted molar refractivity (Wildman–Crippen MR) is 102 cm³/mol. The van der Waals surface area contributed by atoms with Crippen LogP contribution in [0.3, 0.4) is 0 Å². The maximum absolute atomic E-state index is 12.8. The van der Waals surface area contributed by atoms with Gasteiger partial charge in [0.1, 0.15) is 9.90 Å². The molecule has 2 aromatic rings. The minimum absolute atomic E-state index is 0.0736. The molecule has 27 heavy (non-hydrogen) atoms. The quantitative estimate of drug-likeness (QED) is 0.827. The van der Waals surface area contributed by atoms with Crippen molar-refractivity contribution in [1.82, 2.24) is 9.29 Å². The third kappa shape index (κ3) is 3.85. The Kier molecular flexibility index (Phi) is 5.16. The molecule has 0 bridgehead atoms. The highest BCUT2D eigenvalue weighted by Crippen LogP contribution is 2.34. The number of nitrogens with zero attached hydrogens (tertiary/aromatic N) is 2. The summed E-state index contributed by atoms with van der Waals surface area (Å²) in [4.78, 5) is 16.6. The Labute approximate surface area is 162 Å². The number of anilines is 1. The topological polar surface area (TPSA) is 88.6 Å². The minimum atomic E-state index is -3.47. The first-order chi connectivity index (χ1) is 13.0. The van der Waals surface area contributed by atoms with Crippen molar-refractivity contribution in [3.05, 3.63) is 35.8 Å². The Morgan fingerprint density at radius 2 is 2.11 bits per heavy atom. The monoisotopic (exact) mass is 407 g/mol. The molecule has 0 saturated carbocycles. The van der Waals surface area contributed by atoms with E-state index < -0.39 is 10.0 Å². The molecule has 0 aliphatic carbocycles. The van der Waals surface area contributed by atoms with Crippen molar-refractivity contribution in [3.8, 4) is 5.88 Å². The van der Waals surface area contributed by atoms with E-state index in [2.05, 4.69) is 10.3 Å². The van der Waals surface area contributed by atoms with E-state index in [0.29, 0.717) is 54.7 Å². The number of hydrogen-bond acceptors (Lipinski definition) is 6. The lowest BCUT2D eigenvalue weighted by molar-refractivity contribution is -0.118. The third-order valence-electron chi connectivity index (χ3n) is 5.16. The standard InChI is InChI=1S/C18H21N3O4S2/c22-16-11-13-5-8-21(27(23,24)17-4-2-10-26-17)12-14(13)6-9-25-18-15(20-16)3-1-7-19-18/h1-4,7,10,13-14H,5-6,8-9,11-12H2,(H,20,22)/t13-,14-/m0/s1. The first-order valence-corrected chi connectivity index (χ1v) is 11.3. The second kappa shape index (κ2) is 7.57. The van der Waals surface area contributed by atoms with Crippen molar-refractivity contribution < 1.29 is 17.9 Å². The van der Waals surface area contributed by atoms with E-state index in [4.69, 9.17) is 4.74 Å². The lowest BCUT2D eigenvalue weighted by atomic mass is 9.82. The molecule has 0 aromatic carbocycles. The second-order valence-electron chi connectivity index (χ2n) is 6.85. The van der Waals surface area contributed by atoms with Gasteiger partial charge in [-0.1, -0.05) is 6.07 Å². The number of carbonyl (C=O) groups is 1. The van der Waals surface area contributed by atoms with Gasteiger partial charge in [0.25, 0.3) is 10.0 Å². The number of amides is 1. The van der Waals surface area contributed by atoms with Gasteiger partial charge in [-0.05, 0) is 48.3 Å². The van der Waals surface area contributed by atoms with Crippen molar-refractivity contribution in [2.24, 2.45) is 11.8 Å². The number of ether oxygens (including phenoxy) is 1. The fraction of sp³-hybridized carbons (Fsp3) is 0.444. The number of sulfonamides is 1. The van der Waals surface area contributed by atoms with E-state index in [0.717, 1.165) is 0 Å². The van der Waals surface area contributed by atoms with E-state index >= 15 is 0 Å². The molecule has 0 spiro atoms. The largest absolute Gasteiger partial charge is 0.476 e. The van der Waals surface area contributed by atoms with Crippen LogP contribution in [-0.2, 0) is 14.8 Å². The normalized spacial score (nSPS) is 24.2. The number of piperidine rings is 1. The molecular weight excluding hydrogens is 386 g/mol. The van der Waals surface area contributed by atoms with Gasteiger partial charge in [0.05, 0.1) is 6.61 Å². The van der Waals surface area contributed by atoms with E-state index in [-0.39, 0.29) is 17.7 Å². The molecule has 1 saturated heterocycles. The van der Waals surface area contributed by atoms with Crippen LogP contribution in [0.25, 0.3) is 0 Å². The minimum Gasteiger partial charge on any atom is -0.476 e. The van der Waals surface area contributed by atoms with Gasteiger partial charge in [-0.15, -0.1) is 11.3 Å². The number of aromatic nitrogens is 1. The lowest BCUT2D eigenvalue weighted by Gasteiger charge is -2.38. The van der Waals surface area contributed by atoms with Crippen LogP contribution in [0, 0.1) is 11.8 Å². The molecule has 1 N–H and O–H groups in total. The summed E-state index contributed by atoms with van der Waals surface area (Å²) < 4.78 is 33.4. The Balaban J connectivity index is 1.53. The van der Waals surface area contributed by atoms with Gasteiger partial charge in [0.2, 0.25) is 11.8 Å². The molecule has 2 aliphatic heterocycles. The Bertz CT molecular complexity index is 914. The molecule has 0 unspecified atom stereocenters. The molecule has 9 heteroatoms. The van der Waals surface area contributed by atoms with E-state index in [1.165, 1.54) is 11.3 Å². The summed E-state index contributed by atoms with van der Waals surface area (Å²) in [6.07, 6.45) is 3.36. The van der Waals surface area contributed by atoms with Gasteiger partial charge in [-0.25, -0.2) is 13.4 Å². The van der Waals surface area contributed by atoms with Crippen LogP contribution in [0.1, 0.15) is 19.3 Å². The van der Waals surface area contributed by atoms with Crippen LogP contribution in [-0.4, -0.2) is 43.3 Å². The SMILES string of the molecule is O=C1C[C@@H]2CCN(S(=O)(=O)c3cccs3)C[C@@H]2CCOc2ncccc2N1. The first-order valence-electron chi connectivity index (χ1n) is 8.95. The predicted octanol–water partition coefficient (Wildman–Crippen LogP) is 2.58. The van der Waals surface area contributed by atoms with Crippen molar-refractivity contribution in [3.63, 3.8) is 0 Å². The summed E-state index contributed by atoms with van der Waals surface area (Å²) in [6.45, 7) is 1.29. The molecular formula is C18H21N3O4S2. The van der Waals surface area contributed by atoms with Gasteiger partial charge in [-0.3, -0.25) is 4.79 Å². The summed E-state index contributed by atoms with van der Waals surface area (Å²) in [5.74, 6) is 0.536. The van der Waals surface area contributed by atoms with Crippen LogP contribution < -0.4 is 10.1 Å². The zero-order chi connectivity index (χ0) is 18.9. The number of nitrogens with one attached hydrogen (secondary N) is 1. The highest BCUT2D eigenvalue weighted by Gasteiger charge is 2.37. The van der Waals surface area contributed by atoms with Crippen molar-refractivity contribution in [1.29, 1.82) is 0 Å². The smallest absolute Gasteiger partial charge is 0.252 e. The van der Waals surface area contributed by atoms with Crippen LogP contribution in [0.5, 0.6) is 5.88 Å². The highest BCUT2D eigenvalue weighted by molar-refractivity contribution is 7.91. The number of pyridine rings is 1. The maximum Gasteiger partial charge on any atom is 0.252 e. The third-order valence-corrected chi connectivity index (χ3v) is 8.40. The number of fused-ring (bicyclic) bond motifs is 2. The fourth-order valence-corrected chi connectivity index (χ4v) is 6.40. The Hall–Kier alpha value is -1.97. The highest BCUT2D eigenvalue weighted by atomic mass is 32.2. The molecule has 2 atom stereocenters. The molecule has 4 heterocycles. The number of hydrogen-bond donors (Lipinski definition) is 1. The van der Waals surface area contributed by atoms with Gasteiger partial charge < -0.3 is 10.1 Å². The van der Waals surface area contributed by atoms with Gasteiger partial charge in [0, 0.05) is 25.7 Å². The summed E-state index contributed by atoms with van der Waals surface area (Å²) >= 11 is 1.23. The Morgan fingerprint density at radius 1 is 1.22 bits per heavy atom. The van der Waals surface area contributed by atoms with Crippen LogP contribution in [0.2, 0.25) is 0 Å². The maximum atomic E-state index is 12.8. The summed E-state index contributed by atoms with van der Waals surface area (Å²) in [5.41, 5.74) is 0.582. The zero-order valence-electron chi connectivity index (χ0n) is 14.7. The van der Waals surface area contributed by atoms with E-state index in [1.807, 2.05) is 0 Å². The van der Waals surface area contributed by atoms with Gasteiger partial charge in [-0.2, -0.15) is 4.31 Å².